The molecule has 0 aliphatic heterocycles. The summed E-state index contributed by atoms with van der Waals surface area (Å²) in [4.78, 5) is 30.9. The molecule has 4 rings (SSSR count). The number of ketones is 1. The standard InChI is InChI=1S/C23H18N2O2/c1-16(21(26)17-10-4-2-5-11-17)22-24-20-15-9-8-14-19(20)23(27)25(22)18-12-6-3-7-13-18/h2-16H,1H3. The van der Waals surface area contributed by atoms with Gasteiger partial charge in [0.1, 0.15) is 5.82 Å². The molecule has 4 heteroatoms. The molecule has 0 N–H and O–H groups in total. The predicted octanol–water partition coefficient (Wildman–Crippen LogP) is 4.37. The van der Waals surface area contributed by atoms with Crippen molar-refractivity contribution in [1.82, 2.24) is 9.55 Å². The van der Waals surface area contributed by atoms with Gasteiger partial charge >= 0.3 is 0 Å². The summed E-state index contributed by atoms with van der Waals surface area (Å²) in [7, 11) is 0. The maximum Gasteiger partial charge on any atom is 0.265 e. The molecule has 3 aromatic carbocycles. The monoisotopic (exact) mass is 354 g/mol. The Balaban J connectivity index is 1.96. The summed E-state index contributed by atoms with van der Waals surface area (Å²) in [5.41, 5.74) is 1.72. The third kappa shape index (κ3) is 3.06. The first kappa shape index (κ1) is 16.9. The average molecular weight is 354 g/mol. The number of hydrogen-bond donors (Lipinski definition) is 0. The lowest BCUT2D eigenvalue weighted by atomic mass is 9.98. The van der Waals surface area contributed by atoms with Crippen molar-refractivity contribution in [3.05, 3.63) is 107 Å². The molecule has 0 bridgehead atoms. The van der Waals surface area contributed by atoms with E-state index in [4.69, 9.17) is 4.98 Å². The molecule has 1 heterocycles. The third-order valence-electron chi connectivity index (χ3n) is 4.65. The van der Waals surface area contributed by atoms with E-state index < -0.39 is 5.92 Å². The number of hydrogen-bond acceptors (Lipinski definition) is 3. The molecule has 132 valence electrons. The maximum atomic E-state index is 13.2. The predicted molar refractivity (Wildman–Crippen MR) is 107 cm³/mol. The summed E-state index contributed by atoms with van der Waals surface area (Å²) in [5, 5.41) is 0.532. The first-order chi connectivity index (χ1) is 13.2. The highest BCUT2D eigenvalue weighted by atomic mass is 16.1. The lowest BCUT2D eigenvalue weighted by Crippen LogP contribution is -2.27. The number of rotatable bonds is 4. The van der Waals surface area contributed by atoms with Crippen LogP contribution < -0.4 is 5.56 Å². The zero-order valence-corrected chi connectivity index (χ0v) is 14.9. The van der Waals surface area contributed by atoms with E-state index in [2.05, 4.69) is 0 Å². The van der Waals surface area contributed by atoms with Crippen molar-refractivity contribution in [2.24, 2.45) is 0 Å². The Morgan fingerprint density at radius 1 is 0.852 bits per heavy atom. The van der Waals surface area contributed by atoms with E-state index in [1.165, 1.54) is 0 Å². The van der Waals surface area contributed by atoms with Gasteiger partial charge in [0.15, 0.2) is 5.78 Å². The van der Waals surface area contributed by atoms with Crippen LogP contribution >= 0.6 is 0 Å². The summed E-state index contributed by atoms with van der Waals surface area (Å²) in [6.07, 6.45) is 0. The summed E-state index contributed by atoms with van der Waals surface area (Å²) >= 11 is 0. The van der Waals surface area contributed by atoms with E-state index in [0.717, 1.165) is 0 Å². The van der Waals surface area contributed by atoms with Gasteiger partial charge in [-0.2, -0.15) is 0 Å². The number of para-hydroxylation sites is 2. The first-order valence-corrected chi connectivity index (χ1v) is 8.83. The van der Waals surface area contributed by atoms with Gasteiger partial charge in [-0.3, -0.25) is 14.2 Å². The molecular formula is C23H18N2O2. The Hall–Kier alpha value is -3.53. The van der Waals surface area contributed by atoms with E-state index in [1.54, 1.807) is 35.8 Å². The molecule has 0 saturated carbocycles. The first-order valence-electron chi connectivity index (χ1n) is 8.83. The van der Waals surface area contributed by atoms with E-state index in [9.17, 15) is 9.59 Å². The van der Waals surface area contributed by atoms with Crippen LogP contribution in [0, 0.1) is 0 Å². The van der Waals surface area contributed by atoms with Crippen molar-refractivity contribution in [2.45, 2.75) is 12.8 Å². The second kappa shape index (κ2) is 7.00. The van der Waals surface area contributed by atoms with Gasteiger partial charge in [-0.1, -0.05) is 60.7 Å². The van der Waals surface area contributed by atoms with Crippen molar-refractivity contribution in [1.29, 1.82) is 0 Å². The average Bonchev–Trinajstić information content (AvgIpc) is 2.74. The summed E-state index contributed by atoms with van der Waals surface area (Å²) in [5.74, 6) is -0.189. The molecule has 0 aliphatic carbocycles. The number of nitrogens with zero attached hydrogens (tertiary/aromatic N) is 2. The van der Waals surface area contributed by atoms with Crippen LogP contribution in [-0.4, -0.2) is 15.3 Å². The van der Waals surface area contributed by atoms with Crippen LogP contribution in [0.4, 0.5) is 0 Å². The van der Waals surface area contributed by atoms with Crippen LogP contribution in [-0.2, 0) is 0 Å². The molecule has 4 aromatic rings. The fraction of sp³-hybridized carbons (Fsp3) is 0.0870. The number of fused-ring (bicyclic) bond motifs is 1. The summed E-state index contributed by atoms with van der Waals surface area (Å²) in [6.45, 7) is 1.80. The molecule has 1 unspecified atom stereocenters. The highest BCUT2D eigenvalue weighted by Gasteiger charge is 2.24. The van der Waals surface area contributed by atoms with E-state index in [0.29, 0.717) is 28.0 Å². The fourth-order valence-electron chi connectivity index (χ4n) is 3.24. The lowest BCUT2D eigenvalue weighted by molar-refractivity contribution is 0.0962. The van der Waals surface area contributed by atoms with Gasteiger partial charge in [0, 0.05) is 5.56 Å². The smallest absolute Gasteiger partial charge is 0.265 e. The Labute approximate surface area is 156 Å². The molecule has 0 amide bonds. The third-order valence-corrected chi connectivity index (χ3v) is 4.65. The van der Waals surface area contributed by atoms with Gasteiger partial charge in [0.25, 0.3) is 5.56 Å². The molecule has 27 heavy (non-hydrogen) atoms. The normalized spacial score (nSPS) is 12.0. The van der Waals surface area contributed by atoms with Crippen molar-refractivity contribution < 1.29 is 4.79 Å². The van der Waals surface area contributed by atoms with E-state index >= 15 is 0 Å². The molecule has 1 atom stereocenters. The van der Waals surface area contributed by atoms with E-state index in [-0.39, 0.29) is 11.3 Å². The molecule has 0 fully saturated rings. The minimum atomic E-state index is -0.565. The van der Waals surface area contributed by atoms with Crippen LogP contribution in [0.25, 0.3) is 16.6 Å². The highest BCUT2D eigenvalue weighted by Crippen LogP contribution is 2.22. The van der Waals surface area contributed by atoms with Gasteiger partial charge < -0.3 is 0 Å². The largest absolute Gasteiger partial charge is 0.293 e. The van der Waals surface area contributed by atoms with Crippen LogP contribution in [0.3, 0.4) is 0 Å². The van der Waals surface area contributed by atoms with Crippen molar-refractivity contribution >= 4 is 16.7 Å². The van der Waals surface area contributed by atoms with Crippen LogP contribution in [0.2, 0.25) is 0 Å². The number of benzene rings is 3. The number of carbonyl (C=O) groups is 1. The topological polar surface area (TPSA) is 52.0 Å². The molecule has 4 nitrogen and oxygen atoms in total. The van der Waals surface area contributed by atoms with Gasteiger partial charge in [-0.15, -0.1) is 0 Å². The highest BCUT2D eigenvalue weighted by molar-refractivity contribution is 6.00. The maximum absolute atomic E-state index is 13.2. The quantitative estimate of drug-likeness (QED) is 0.511. The molecule has 1 aromatic heterocycles. The zero-order chi connectivity index (χ0) is 18.8. The van der Waals surface area contributed by atoms with Crippen molar-refractivity contribution in [2.75, 3.05) is 0 Å². The second-order valence-electron chi connectivity index (χ2n) is 6.42. The number of carbonyl (C=O) groups excluding carboxylic acids is 1. The van der Waals surface area contributed by atoms with Gasteiger partial charge in [-0.05, 0) is 31.2 Å². The molecule has 0 aliphatic rings. The van der Waals surface area contributed by atoms with Crippen LogP contribution in [0.15, 0.2) is 89.7 Å². The molecular weight excluding hydrogens is 336 g/mol. The molecule has 0 spiro atoms. The Morgan fingerprint density at radius 2 is 1.44 bits per heavy atom. The lowest BCUT2D eigenvalue weighted by Gasteiger charge is -2.18. The molecule has 0 radical (unpaired) electrons. The van der Waals surface area contributed by atoms with Gasteiger partial charge in [-0.25, -0.2) is 4.98 Å². The van der Waals surface area contributed by atoms with Crippen molar-refractivity contribution in [3.8, 4) is 5.69 Å². The number of Topliss-reactive ketones (excluding diaryl/α,β-unsaturated/α-hetero) is 1. The van der Waals surface area contributed by atoms with Crippen LogP contribution in [0.1, 0.15) is 29.0 Å². The summed E-state index contributed by atoms with van der Waals surface area (Å²) in [6, 6.07) is 25.6. The zero-order valence-electron chi connectivity index (χ0n) is 14.9. The SMILES string of the molecule is CC(C(=O)c1ccccc1)c1nc2ccccc2c(=O)n1-c1ccccc1. The van der Waals surface area contributed by atoms with Gasteiger partial charge in [0.05, 0.1) is 22.5 Å². The second-order valence-corrected chi connectivity index (χ2v) is 6.42. The minimum absolute atomic E-state index is 0.0672. The van der Waals surface area contributed by atoms with Gasteiger partial charge in [0.2, 0.25) is 0 Å². The van der Waals surface area contributed by atoms with E-state index in [1.807, 2.05) is 60.7 Å². The van der Waals surface area contributed by atoms with Crippen molar-refractivity contribution in [3.63, 3.8) is 0 Å². The summed E-state index contributed by atoms with van der Waals surface area (Å²) < 4.78 is 1.55. The minimum Gasteiger partial charge on any atom is -0.293 e. The number of aromatic nitrogens is 2. The molecule has 0 saturated heterocycles. The fourth-order valence-corrected chi connectivity index (χ4v) is 3.24. The van der Waals surface area contributed by atoms with Crippen LogP contribution in [0.5, 0.6) is 0 Å². The Kier molecular flexibility index (Phi) is 4.38. The Bertz CT molecular complexity index is 1170. The Morgan fingerprint density at radius 3 is 2.15 bits per heavy atom.